The van der Waals surface area contributed by atoms with Crippen LogP contribution in [0, 0.1) is 6.92 Å². The van der Waals surface area contributed by atoms with Gasteiger partial charge in [-0.2, -0.15) is 4.37 Å². The lowest BCUT2D eigenvalue weighted by Gasteiger charge is -2.10. The van der Waals surface area contributed by atoms with E-state index in [9.17, 15) is 9.90 Å². The van der Waals surface area contributed by atoms with Crippen molar-refractivity contribution in [1.82, 2.24) is 4.37 Å². The number of hydrogen-bond acceptors (Lipinski definition) is 5. The van der Waals surface area contributed by atoms with Gasteiger partial charge in [0.15, 0.2) is 0 Å². The molecule has 0 aliphatic rings. The number of aliphatic hydroxyl groups is 1. The zero-order valence-corrected chi connectivity index (χ0v) is 10.9. The molecule has 1 N–H and O–H groups in total. The molecule has 94 valence electrons. The Hall–Kier alpha value is -1.72. The summed E-state index contributed by atoms with van der Waals surface area (Å²) in [6, 6.07) is 9.16. The van der Waals surface area contributed by atoms with E-state index >= 15 is 0 Å². The quantitative estimate of drug-likeness (QED) is 0.863. The molecule has 0 aliphatic carbocycles. The molecule has 0 saturated carbocycles. The van der Waals surface area contributed by atoms with Crippen molar-refractivity contribution in [3.05, 3.63) is 52.0 Å². The SMILES string of the molecule is COC(=O)c1c(C)nsc1C(O)c1ccccc1. The first-order valence-electron chi connectivity index (χ1n) is 5.42. The molecule has 5 heteroatoms. The van der Waals surface area contributed by atoms with Gasteiger partial charge in [0.1, 0.15) is 6.10 Å². The maximum atomic E-state index is 11.7. The number of nitrogens with zero attached hydrogens (tertiary/aromatic N) is 1. The number of aryl methyl sites for hydroxylation is 1. The minimum atomic E-state index is -0.855. The van der Waals surface area contributed by atoms with Crippen molar-refractivity contribution >= 4 is 17.5 Å². The number of carbonyl (C=O) groups excluding carboxylic acids is 1. The van der Waals surface area contributed by atoms with Crippen LogP contribution >= 0.6 is 11.5 Å². The Morgan fingerprint density at radius 1 is 1.39 bits per heavy atom. The van der Waals surface area contributed by atoms with Crippen LogP contribution in [0.2, 0.25) is 0 Å². The van der Waals surface area contributed by atoms with E-state index in [1.165, 1.54) is 7.11 Å². The fourth-order valence-corrected chi connectivity index (χ4v) is 2.60. The van der Waals surface area contributed by atoms with Gasteiger partial charge < -0.3 is 9.84 Å². The average molecular weight is 263 g/mol. The van der Waals surface area contributed by atoms with Crippen molar-refractivity contribution in [1.29, 1.82) is 0 Å². The highest BCUT2D eigenvalue weighted by atomic mass is 32.1. The van der Waals surface area contributed by atoms with Crippen molar-refractivity contribution in [3.8, 4) is 0 Å². The first-order valence-corrected chi connectivity index (χ1v) is 6.20. The lowest BCUT2D eigenvalue weighted by molar-refractivity contribution is 0.0595. The molecule has 0 amide bonds. The first-order chi connectivity index (χ1) is 8.65. The topological polar surface area (TPSA) is 59.4 Å². The molecule has 1 aromatic carbocycles. The molecule has 0 aliphatic heterocycles. The van der Waals surface area contributed by atoms with Gasteiger partial charge in [0, 0.05) is 0 Å². The predicted octanol–water partition coefficient (Wildman–Crippen LogP) is 2.32. The fourth-order valence-electron chi connectivity index (χ4n) is 1.71. The Morgan fingerprint density at radius 2 is 2.06 bits per heavy atom. The largest absolute Gasteiger partial charge is 0.465 e. The van der Waals surface area contributed by atoms with E-state index in [4.69, 9.17) is 4.74 Å². The molecular weight excluding hydrogens is 250 g/mol. The molecule has 1 unspecified atom stereocenters. The highest BCUT2D eigenvalue weighted by Gasteiger charge is 2.24. The highest BCUT2D eigenvalue weighted by molar-refractivity contribution is 7.06. The van der Waals surface area contributed by atoms with Crippen molar-refractivity contribution in [2.75, 3.05) is 7.11 Å². The standard InChI is InChI=1S/C13H13NO3S/c1-8-10(13(16)17-2)12(18-14-8)11(15)9-6-4-3-5-7-9/h3-7,11,15H,1-2H3. The van der Waals surface area contributed by atoms with Gasteiger partial charge in [-0.15, -0.1) is 0 Å². The summed E-state index contributed by atoms with van der Waals surface area (Å²) >= 11 is 1.12. The molecule has 0 bridgehead atoms. The zero-order chi connectivity index (χ0) is 13.1. The maximum absolute atomic E-state index is 11.7. The molecule has 0 radical (unpaired) electrons. The fraction of sp³-hybridized carbons (Fsp3) is 0.231. The molecule has 4 nitrogen and oxygen atoms in total. The monoisotopic (exact) mass is 263 g/mol. The average Bonchev–Trinajstić information content (AvgIpc) is 2.80. The number of aromatic nitrogens is 1. The number of esters is 1. The van der Waals surface area contributed by atoms with Gasteiger partial charge in [-0.25, -0.2) is 4.79 Å². The Morgan fingerprint density at radius 3 is 2.67 bits per heavy atom. The van der Waals surface area contributed by atoms with Gasteiger partial charge in [-0.05, 0) is 24.0 Å². The summed E-state index contributed by atoms with van der Waals surface area (Å²) < 4.78 is 8.83. The lowest BCUT2D eigenvalue weighted by Crippen LogP contribution is -2.08. The zero-order valence-electron chi connectivity index (χ0n) is 10.1. The minimum Gasteiger partial charge on any atom is -0.465 e. The molecule has 1 atom stereocenters. The number of methoxy groups -OCH3 is 1. The van der Waals surface area contributed by atoms with E-state index < -0.39 is 12.1 Å². The highest BCUT2D eigenvalue weighted by Crippen LogP contribution is 2.30. The first kappa shape index (κ1) is 12.7. The minimum absolute atomic E-state index is 0.360. The van der Waals surface area contributed by atoms with Crippen LogP contribution < -0.4 is 0 Å². The summed E-state index contributed by atoms with van der Waals surface area (Å²) in [4.78, 5) is 12.2. The Bertz CT molecular complexity index is 551. The van der Waals surface area contributed by atoms with Gasteiger partial charge in [0.2, 0.25) is 0 Å². The second-order valence-corrected chi connectivity index (χ2v) is 4.62. The molecule has 18 heavy (non-hydrogen) atoms. The van der Waals surface area contributed by atoms with Crippen LogP contribution in [0.5, 0.6) is 0 Å². The van der Waals surface area contributed by atoms with E-state index in [2.05, 4.69) is 4.37 Å². The van der Waals surface area contributed by atoms with Gasteiger partial charge in [0.05, 0.1) is 23.2 Å². The summed E-state index contributed by atoms with van der Waals surface area (Å²) in [5.41, 5.74) is 1.67. The van der Waals surface area contributed by atoms with E-state index in [0.717, 1.165) is 17.1 Å². The van der Waals surface area contributed by atoms with Crippen LogP contribution in [0.15, 0.2) is 30.3 Å². The van der Waals surface area contributed by atoms with Crippen LogP contribution in [0.1, 0.15) is 32.6 Å². The smallest absolute Gasteiger partial charge is 0.341 e. The Labute approximate surface area is 109 Å². The molecule has 1 aromatic heterocycles. The van der Waals surface area contributed by atoms with Crippen LogP contribution in [0.4, 0.5) is 0 Å². The maximum Gasteiger partial charge on any atom is 0.341 e. The third-order valence-electron chi connectivity index (χ3n) is 2.64. The third kappa shape index (κ3) is 2.27. The second-order valence-electron chi connectivity index (χ2n) is 3.81. The summed E-state index contributed by atoms with van der Waals surface area (Å²) in [5, 5.41) is 10.3. The molecular formula is C13H13NO3S. The van der Waals surface area contributed by atoms with Crippen molar-refractivity contribution < 1.29 is 14.6 Å². The molecule has 1 heterocycles. The number of benzene rings is 1. The van der Waals surface area contributed by atoms with Gasteiger partial charge in [0.25, 0.3) is 0 Å². The van der Waals surface area contributed by atoms with Crippen LogP contribution in [-0.4, -0.2) is 22.6 Å². The van der Waals surface area contributed by atoms with Crippen molar-refractivity contribution in [3.63, 3.8) is 0 Å². The number of carbonyl (C=O) groups is 1. The molecule has 2 rings (SSSR count). The number of ether oxygens (including phenoxy) is 1. The number of aliphatic hydroxyl groups excluding tert-OH is 1. The van der Waals surface area contributed by atoms with Crippen molar-refractivity contribution in [2.24, 2.45) is 0 Å². The summed E-state index contributed by atoms with van der Waals surface area (Å²) in [6.45, 7) is 1.73. The van der Waals surface area contributed by atoms with Crippen molar-refractivity contribution in [2.45, 2.75) is 13.0 Å². The van der Waals surface area contributed by atoms with E-state index in [1.807, 2.05) is 18.2 Å². The van der Waals surface area contributed by atoms with Gasteiger partial charge in [-0.3, -0.25) is 0 Å². The lowest BCUT2D eigenvalue weighted by atomic mass is 10.0. The summed E-state index contributed by atoms with van der Waals surface area (Å²) in [7, 11) is 1.32. The second kappa shape index (κ2) is 5.29. The number of hydrogen-bond donors (Lipinski definition) is 1. The summed E-state index contributed by atoms with van der Waals surface area (Å²) in [5.74, 6) is -0.466. The normalized spacial score (nSPS) is 12.2. The van der Waals surface area contributed by atoms with E-state index in [0.29, 0.717) is 16.1 Å². The molecule has 0 fully saturated rings. The third-order valence-corrected chi connectivity index (χ3v) is 3.63. The van der Waals surface area contributed by atoms with Crippen LogP contribution in [0.3, 0.4) is 0 Å². The summed E-state index contributed by atoms with van der Waals surface area (Å²) in [6.07, 6.45) is -0.855. The van der Waals surface area contributed by atoms with E-state index in [-0.39, 0.29) is 0 Å². The van der Waals surface area contributed by atoms with Crippen LogP contribution in [0.25, 0.3) is 0 Å². The Balaban J connectivity index is 2.43. The van der Waals surface area contributed by atoms with Gasteiger partial charge in [-0.1, -0.05) is 30.3 Å². The van der Waals surface area contributed by atoms with E-state index in [1.54, 1.807) is 19.1 Å². The Kier molecular flexibility index (Phi) is 3.74. The molecule has 2 aromatic rings. The molecule has 0 saturated heterocycles. The van der Waals surface area contributed by atoms with Crippen LogP contribution in [-0.2, 0) is 4.74 Å². The molecule has 0 spiro atoms. The number of rotatable bonds is 3. The predicted molar refractivity (Wildman–Crippen MR) is 68.7 cm³/mol. The van der Waals surface area contributed by atoms with Gasteiger partial charge >= 0.3 is 5.97 Å².